The molecule has 1 aromatic rings. The second-order valence-electron chi connectivity index (χ2n) is 11.1. The van der Waals surface area contributed by atoms with Gasteiger partial charge >= 0.3 is 0 Å². The molecule has 5 nitrogen and oxygen atoms in total. The molecule has 1 aromatic carbocycles. The number of nitrogens with zero attached hydrogens (tertiary/aromatic N) is 1. The highest BCUT2D eigenvalue weighted by molar-refractivity contribution is 5.75. The number of rotatable bonds is 9. The van der Waals surface area contributed by atoms with Crippen LogP contribution in [0.4, 0.5) is 4.39 Å². The lowest BCUT2D eigenvalue weighted by Gasteiger charge is -2.54. The number of hydrogen-bond acceptors (Lipinski definition) is 4. The Balaban J connectivity index is 1.51. The van der Waals surface area contributed by atoms with Crippen molar-refractivity contribution in [2.45, 2.75) is 83.4 Å². The summed E-state index contributed by atoms with van der Waals surface area (Å²) in [4.78, 5) is 14.2. The number of aliphatic hydroxyl groups is 1. The summed E-state index contributed by atoms with van der Waals surface area (Å²) < 4.78 is 21.0. The van der Waals surface area contributed by atoms with E-state index in [1.807, 2.05) is 24.0 Å². The van der Waals surface area contributed by atoms with Crippen LogP contribution in [0.3, 0.4) is 0 Å². The van der Waals surface area contributed by atoms with E-state index < -0.39 is 12.3 Å². The number of unbranched alkanes of at least 4 members (excludes halogenated alkanes) is 1. The average Bonchev–Trinajstić information content (AvgIpc) is 3.11. The summed E-state index contributed by atoms with van der Waals surface area (Å²) in [6.45, 7) is 5.87. The molecule has 0 bridgehead atoms. The maximum absolute atomic E-state index is 15.8. The quantitative estimate of drug-likeness (QED) is 0.502. The number of alkyl halides is 1. The Morgan fingerprint density at radius 3 is 2.79 bits per heavy atom. The summed E-state index contributed by atoms with van der Waals surface area (Å²) in [7, 11) is 1.65. The minimum Gasteiger partial charge on any atom is -0.508 e. The van der Waals surface area contributed by atoms with Crippen LogP contribution < -0.4 is 0 Å². The van der Waals surface area contributed by atoms with Crippen molar-refractivity contribution in [3.05, 3.63) is 29.3 Å². The first kappa shape index (κ1) is 25.4. The zero-order valence-corrected chi connectivity index (χ0v) is 21.0. The van der Waals surface area contributed by atoms with E-state index in [1.54, 1.807) is 13.2 Å². The third-order valence-corrected chi connectivity index (χ3v) is 9.25. The number of carbonyl (C=O) groups excluding carboxylic acids is 1. The van der Waals surface area contributed by atoms with Crippen molar-refractivity contribution in [2.75, 3.05) is 26.8 Å². The Hall–Kier alpha value is -1.66. The number of ether oxygens (including phenoxy) is 1. The highest BCUT2D eigenvalue weighted by Gasteiger charge is 2.59. The third-order valence-electron chi connectivity index (χ3n) is 9.25. The number of benzene rings is 1. The minimum atomic E-state index is -0.975. The highest BCUT2D eigenvalue weighted by atomic mass is 19.1. The molecule has 0 heterocycles. The van der Waals surface area contributed by atoms with Crippen LogP contribution in [0.2, 0.25) is 0 Å². The largest absolute Gasteiger partial charge is 0.508 e. The van der Waals surface area contributed by atoms with Crippen molar-refractivity contribution >= 4 is 5.91 Å². The zero-order valence-electron chi connectivity index (χ0n) is 21.0. The van der Waals surface area contributed by atoms with E-state index in [4.69, 9.17) is 4.74 Å². The van der Waals surface area contributed by atoms with Crippen LogP contribution in [0.15, 0.2) is 18.2 Å². The highest BCUT2D eigenvalue weighted by Crippen LogP contribution is 2.63. The summed E-state index contributed by atoms with van der Waals surface area (Å²) in [6, 6.07) is 5.46. The molecule has 6 heteroatoms. The lowest BCUT2D eigenvalue weighted by atomic mass is 9.51. The number of aromatic hydroxyl groups is 1. The van der Waals surface area contributed by atoms with Crippen LogP contribution >= 0.6 is 0 Å². The molecule has 1 amide bonds. The number of aliphatic hydroxyl groups excluding tert-OH is 1. The molecule has 3 aliphatic rings. The predicted octanol–water partition coefficient (Wildman–Crippen LogP) is 4.84. The Morgan fingerprint density at radius 1 is 1.26 bits per heavy atom. The summed E-state index contributed by atoms with van der Waals surface area (Å²) in [5.74, 6) is 1.10. The molecule has 3 aliphatic carbocycles. The molecule has 34 heavy (non-hydrogen) atoms. The summed E-state index contributed by atoms with van der Waals surface area (Å²) in [5.41, 5.74) is 1.80. The second kappa shape index (κ2) is 10.5. The SMILES string of the molecule is CCC(=O)N(CCCC[C@@H]1Cc2cc(O)ccc2C2C1C1CC[C@H](O)[C@@]1(C)C[C@@H]2F)CCOC. The Bertz CT molecular complexity index is 863. The van der Waals surface area contributed by atoms with Crippen molar-refractivity contribution in [3.8, 4) is 5.75 Å². The van der Waals surface area contributed by atoms with Crippen molar-refractivity contribution in [1.82, 2.24) is 4.90 Å². The smallest absolute Gasteiger partial charge is 0.222 e. The van der Waals surface area contributed by atoms with E-state index in [0.717, 1.165) is 56.2 Å². The molecular formula is C28H42FNO4. The van der Waals surface area contributed by atoms with Gasteiger partial charge in [0, 0.05) is 32.5 Å². The fourth-order valence-electron chi connectivity index (χ4n) is 7.53. The van der Waals surface area contributed by atoms with Crippen LogP contribution in [0, 0.1) is 23.2 Å². The summed E-state index contributed by atoms with van der Waals surface area (Å²) in [6.07, 6.45) is 4.96. The lowest BCUT2D eigenvalue weighted by Crippen LogP contribution is -2.51. The minimum absolute atomic E-state index is 0.155. The maximum Gasteiger partial charge on any atom is 0.222 e. The van der Waals surface area contributed by atoms with Gasteiger partial charge in [-0.25, -0.2) is 4.39 Å². The molecule has 2 fully saturated rings. The number of carbonyl (C=O) groups is 1. The van der Waals surface area contributed by atoms with E-state index >= 15 is 4.39 Å². The summed E-state index contributed by atoms with van der Waals surface area (Å²) >= 11 is 0. The van der Waals surface area contributed by atoms with Gasteiger partial charge in [-0.2, -0.15) is 0 Å². The van der Waals surface area contributed by atoms with E-state index in [0.29, 0.717) is 37.8 Å². The molecule has 0 saturated heterocycles. The topological polar surface area (TPSA) is 70.0 Å². The molecular weight excluding hydrogens is 433 g/mol. The Labute approximate surface area is 203 Å². The Kier molecular flexibility index (Phi) is 7.88. The van der Waals surface area contributed by atoms with Gasteiger partial charge in [0.05, 0.1) is 12.7 Å². The van der Waals surface area contributed by atoms with Gasteiger partial charge in [-0.3, -0.25) is 4.79 Å². The van der Waals surface area contributed by atoms with Gasteiger partial charge in [-0.15, -0.1) is 0 Å². The van der Waals surface area contributed by atoms with Crippen molar-refractivity contribution < 1.29 is 24.1 Å². The van der Waals surface area contributed by atoms with Gasteiger partial charge in [0.15, 0.2) is 0 Å². The summed E-state index contributed by atoms with van der Waals surface area (Å²) in [5, 5.41) is 20.9. The fourth-order valence-corrected chi connectivity index (χ4v) is 7.53. The van der Waals surface area contributed by atoms with Gasteiger partial charge in [-0.1, -0.05) is 26.3 Å². The van der Waals surface area contributed by atoms with E-state index in [9.17, 15) is 15.0 Å². The zero-order chi connectivity index (χ0) is 24.5. The number of fused-ring (bicyclic) bond motifs is 5. The Morgan fingerprint density at radius 2 is 2.06 bits per heavy atom. The molecule has 2 N–H and O–H groups in total. The molecule has 190 valence electrons. The standard InChI is InChI=1S/C28H42FNO4/c1-4-25(33)30(13-14-34-3)12-6-5-7-18-15-19-16-20(31)8-9-21(19)27-23(29)17-28(2)22(26(18)27)10-11-24(28)32/h8-9,16,18,22-24,26-27,31-32H,4-7,10-15,17H2,1-3H3/t18-,22?,23+,24+,26?,27?,28+/m1/s1. The molecule has 0 radical (unpaired) electrons. The van der Waals surface area contributed by atoms with Gasteiger partial charge in [0.1, 0.15) is 11.9 Å². The van der Waals surface area contributed by atoms with Crippen molar-refractivity contribution in [3.63, 3.8) is 0 Å². The van der Waals surface area contributed by atoms with Crippen LogP contribution in [0.25, 0.3) is 0 Å². The number of phenols is 1. The number of phenolic OH excluding ortho intramolecular Hbond substituents is 1. The maximum atomic E-state index is 15.8. The van der Waals surface area contributed by atoms with Gasteiger partial charge in [-0.05, 0) is 85.0 Å². The van der Waals surface area contributed by atoms with Crippen LogP contribution in [0.1, 0.15) is 75.8 Å². The van der Waals surface area contributed by atoms with Crippen molar-refractivity contribution in [2.24, 2.45) is 23.2 Å². The molecule has 0 spiro atoms. The lowest BCUT2D eigenvalue weighted by molar-refractivity contribution is -0.131. The molecule has 3 unspecified atom stereocenters. The molecule has 2 saturated carbocycles. The van der Waals surface area contributed by atoms with Crippen LogP contribution in [-0.4, -0.2) is 60.1 Å². The molecule has 0 aromatic heterocycles. The average molecular weight is 476 g/mol. The monoisotopic (exact) mass is 475 g/mol. The number of methoxy groups -OCH3 is 1. The van der Waals surface area contributed by atoms with E-state index in [1.165, 1.54) is 0 Å². The van der Waals surface area contributed by atoms with Gasteiger partial charge < -0.3 is 19.8 Å². The molecule has 7 atom stereocenters. The number of amides is 1. The van der Waals surface area contributed by atoms with Crippen LogP contribution in [0.5, 0.6) is 5.75 Å². The molecule has 0 aliphatic heterocycles. The fraction of sp³-hybridized carbons (Fsp3) is 0.750. The second-order valence-corrected chi connectivity index (χ2v) is 11.1. The van der Waals surface area contributed by atoms with Crippen LogP contribution in [-0.2, 0) is 16.0 Å². The number of halogens is 1. The third kappa shape index (κ3) is 4.73. The van der Waals surface area contributed by atoms with E-state index in [2.05, 4.69) is 6.92 Å². The van der Waals surface area contributed by atoms with E-state index in [-0.39, 0.29) is 28.9 Å². The van der Waals surface area contributed by atoms with Gasteiger partial charge in [0.25, 0.3) is 0 Å². The number of hydrogen-bond donors (Lipinski definition) is 2. The first-order chi connectivity index (χ1) is 16.3. The molecule has 4 rings (SSSR count). The van der Waals surface area contributed by atoms with Gasteiger partial charge in [0.2, 0.25) is 5.91 Å². The normalized spacial score (nSPS) is 34.3. The predicted molar refractivity (Wildman–Crippen MR) is 130 cm³/mol. The first-order valence-corrected chi connectivity index (χ1v) is 13.2. The first-order valence-electron chi connectivity index (χ1n) is 13.2. The van der Waals surface area contributed by atoms with Crippen molar-refractivity contribution in [1.29, 1.82) is 0 Å².